The van der Waals surface area contributed by atoms with E-state index in [0.717, 1.165) is 5.69 Å². The first-order chi connectivity index (χ1) is 14.6. The number of halogens is 1. The van der Waals surface area contributed by atoms with Crippen molar-refractivity contribution in [3.05, 3.63) is 90.1 Å². The van der Waals surface area contributed by atoms with E-state index in [1.807, 2.05) is 30.3 Å². The van der Waals surface area contributed by atoms with Gasteiger partial charge in [0, 0.05) is 19.7 Å². The summed E-state index contributed by atoms with van der Waals surface area (Å²) in [6.07, 6.45) is 1.56. The van der Waals surface area contributed by atoms with Gasteiger partial charge < -0.3 is 14.1 Å². The third-order valence-corrected chi connectivity index (χ3v) is 4.69. The first kappa shape index (κ1) is 19.4. The maximum Gasteiger partial charge on any atom is 0.272 e. The molecule has 0 atom stereocenters. The number of amides is 1. The molecular formula is C23H20FN3O3. The lowest BCUT2D eigenvalue weighted by atomic mass is 10.2. The number of ether oxygens (including phenoxy) is 1. The van der Waals surface area contributed by atoms with Gasteiger partial charge in [-0.2, -0.15) is 5.10 Å². The molecule has 0 fully saturated rings. The van der Waals surface area contributed by atoms with Gasteiger partial charge in [0.1, 0.15) is 11.4 Å². The van der Waals surface area contributed by atoms with Crippen LogP contribution in [0.3, 0.4) is 0 Å². The summed E-state index contributed by atoms with van der Waals surface area (Å²) in [6.45, 7) is 0.232. The molecule has 30 heavy (non-hydrogen) atoms. The molecule has 6 nitrogen and oxygen atoms in total. The summed E-state index contributed by atoms with van der Waals surface area (Å²) in [7, 11) is 3.08. The number of carbonyl (C=O) groups excluding carboxylic acids is 1. The zero-order chi connectivity index (χ0) is 21.1. The highest BCUT2D eigenvalue weighted by atomic mass is 19.1. The lowest BCUT2D eigenvalue weighted by Crippen LogP contribution is -2.28. The highest BCUT2D eigenvalue weighted by Crippen LogP contribution is 2.24. The molecular weight excluding hydrogens is 385 g/mol. The largest absolute Gasteiger partial charge is 0.494 e. The fraction of sp³-hybridized carbons (Fsp3) is 0.130. The summed E-state index contributed by atoms with van der Waals surface area (Å²) in [5.74, 6) is 0.0160. The minimum Gasteiger partial charge on any atom is -0.494 e. The van der Waals surface area contributed by atoms with Crippen molar-refractivity contribution in [2.75, 3.05) is 14.2 Å². The SMILES string of the molecule is COc1ccc(CN(C)C(=O)c2cc(-c3ccco3)nn2-c2ccccc2)cc1F. The van der Waals surface area contributed by atoms with Crippen LogP contribution < -0.4 is 4.74 Å². The average molecular weight is 405 g/mol. The van der Waals surface area contributed by atoms with Crippen LogP contribution in [0.15, 0.2) is 77.4 Å². The number of carbonyl (C=O) groups is 1. The van der Waals surface area contributed by atoms with E-state index in [9.17, 15) is 9.18 Å². The monoisotopic (exact) mass is 405 g/mol. The second kappa shape index (κ2) is 8.24. The normalized spacial score (nSPS) is 10.8. The number of nitrogens with zero attached hydrogens (tertiary/aromatic N) is 3. The summed E-state index contributed by atoms with van der Waals surface area (Å²) < 4.78 is 26.0. The molecule has 0 aliphatic rings. The summed E-state index contributed by atoms with van der Waals surface area (Å²) in [5, 5.41) is 4.57. The van der Waals surface area contributed by atoms with Crippen LogP contribution in [0.1, 0.15) is 16.1 Å². The van der Waals surface area contributed by atoms with Crippen molar-refractivity contribution < 1.29 is 18.3 Å². The van der Waals surface area contributed by atoms with Crippen molar-refractivity contribution in [2.45, 2.75) is 6.54 Å². The van der Waals surface area contributed by atoms with E-state index < -0.39 is 5.82 Å². The van der Waals surface area contributed by atoms with E-state index in [-0.39, 0.29) is 18.2 Å². The van der Waals surface area contributed by atoms with Gasteiger partial charge in [-0.15, -0.1) is 0 Å². The molecule has 0 unspecified atom stereocenters. The number of benzene rings is 2. The Morgan fingerprint density at radius 1 is 1.13 bits per heavy atom. The van der Waals surface area contributed by atoms with E-state index in [1.165, 1.54) is 18.1 Å². The summed E-state index contributed by atoms with van der Waals surface area (Å²) in [4.78, 5) is 14.8. The summed E-state index contributed by atoms with van der Waals surface area (Å²) in [5.41, 5.74) is 2.34. The van der Waals surface area contributed by atoms with Gasteiger partial charge in [-0.05, 0) is 42.0 Å². The predicted octanol–water partition coefficient (Wildman–Crippen LogP) is 4.55. The molecule has 0 spiro atoms. The quantitative estimate of drug-likeness (QED) is 0.472. The smallest absolute Gasteiger partial charge is 0.272 e. The molecule has 2 aromatic heterocycles. The maximum atomic E-state index is 14.0. The number of hydrogen-bond donors (Lipinski definition) is 0. The standard InChI is InChI=1S/C23H20FN3O3/c1-26(15-16-10-11-21(29-2)18(24)13-16)23(28)20-14-19(22-9-6-12-30-22)25-27(20)17-7-4-3-5-8-17/h3-14H,15H2,1-2H3. The van der Waals surface area contributed by atoms with Crippen LogP contribution in [0, 0.1) is 5.82 Å². The molecule has 4 rings (SSSR count). The van der Waals surface area contributed by atoms with E-state index in [1.54, 1.807) is 48.3 Å². The van der Waals surface area contributed by atoms with Crippen molar-refractivity contribution in [1.29, 1.82) is 0 Å². The first-order valence-corrected chi connectivity index (χ1v) is 9.34. The molecule has 7 heteroatoms. The van der Waals surface area contributed by atoms with Gasteiger partial charge in [0.25, 0.3) is 5.91 Å². The Bertz CT molecular complexity index is 1150. The van der Waals surface area contributed by atoms with Crippen molar-refractivity contribution in [1.82, 2.24) is 14.7 Å². The molecule has 0 radical (unpaired) electrons. The third kappa shape index (κ3) is 3.82. The van der Waals surface area contributed by atoms with Crippen LogP contribution in [0.25, 0.3) is 17.1 Å². The topological polar surface area (TPSA) is 60.5 Å². The minimum absolute atomic E-state index is 0.165. The molecule has 2 aromatic carbocycles. The van der Waals surface area contributed by atoms with Gasteiger partial charge in [0.2, 0.25) is 0 Å². The van der Waals surface area contributed by atoms with Gasteiger partial charge >= 0.3 is 0 Å². The molecule has 0 saturated carbocycles. The van der Waals surface area contributed by atoms with E-state index in [0.29, 0.717) is 22.7 Å². The highest BCUT2D eigenvalue weighted by Gasteiger charge is 2.22. The Morgan fingerprint density at radius 3 is 2.60 bits per heavy atom. The van der Waals surface area contributed by atoms with Crippen molar-refractivity contribution in [3.63, 3.8) is 0 Å². The third-order valence-electron chi connectivity index (χ3n) is 4.69. The zero-order valence-electron chi connectivity index (χ0n) is 16.6. The minimum atomic E-state index is -0.467. The molecule has 0 aliphatic carbocycles. The van der Waals surface area contributed by atoms with Crippen LogP contribution in [-0.2, 0) is 6.54 Å². The fourth-order valence-electron chi connectivity index (χ4n) is 3.19. The molecule has 0 aliphatic heterocycles. The molecule has 1 amide bonds. The van der Waals surface area contributed by atoms with Crippen LogP contribution in [0.2, 0.25) is 0 Å². The van der Waals surface area contributed by atoms with E-state index >= 15 is 0 Å². The second-order valence-electron chi connectivity index (χ2n) is 6.77. The van der Waals surface area contributed by atoms with Crippen molar-refractivity contribution in [3.8, 4) is 22.9 Å². The second-order valence-corrected chi connectivity index (χ2v) is 6.77. The number of methoxy groups -OCH3 is 1. The van der Waals surface area contributed by atoms with Gasteiger partial charge in [-0.1, -0.05) is 24.3 Å². The Kier molecular flexibility index (Phi) is 5.34. The Balaban J connectivity index is 1.66. The lowest BCUT2D eigenvalue weighted by Gasteiger charge is -2.18. The summed E-state index contributed by atoms with van der Waals surface area (Å²) >= 11 is 0. The molecule has 0 N–H and O–H groups in total. The molecule has 0 saturated heterocycles. The van der Waals surface area contributed by atoms with Crippen LogP contribution in [-0.4, -0.2) is 34.7 Å². The van der Waals surface area contributed by atoms with Gasteiger partial charge in [0.05, 0.1) is 19.1 Å². The van der Waals surface area contributed by atoms with Gasteiger partial charge in [-0.25, -0.2) is 9.07 Å². The first-order valence-electron chi connectivity index (χ1n) is 9.34. The summed E-state index contributed by atoms with van der Waals surface area (Å²) in [6, 6.07) is 19.3. The van der Waals surface area contributed by atoms with Crippen LogP contribution >= 0.6 is 0 Å². The molecule has 4 aromatic rings. The van der Waals surface area contributed by atoms with Gasteiger partial charge in [-0.3, -0.25) is 4.79 Å². The predicted molar refractivity (Wildman–Crippen MR) is 110 cm³/mol. The highest BCUT2D eigenvalue weighted by molar-refractivity contribution is 5.94. The van der Waals surface area contributed by atoms with Crippen LogP contribution in [0.5, 0.6) is 5.75 Å². The molecule has 0 bridgehead atoms. The van der Waals surface area contributed by atoms with Crippen molar-refractivity contribution >= 4 is 5.91 Å². The maximum absolute atomic E-state index is 14.0. The average Bonchev–Trinajstić information content (AvgIpc) is 3.44. The Labute approximate surface area is 173 Å². The number of hydrogen-bond acceptors (Lipinski definition) is 4. The zero-order valence-corrected chi connectivity index (χ0v) is 16.6. The van der Waals surface area contributed by atoms with Gasteiger partial charge in [0.15, 0.2) is 17.3 Å². The number of rotatable bonds is 6. The van der Waals surface area contributed by atoms with E-state index in [2.05, 4.69) is 5.10 Å². The van der Waals surface area contributed by atoms with Crippen molar-refractivity contribution in [2.24, 2.45) is 0 Å². The molecule has 152 valence electrons. The number of furan rings is 1. The fourth-order valence-corrected chi connectivity index (χ4v) is 3.19. The Hall–Kier alpha value is -3.87. The molecule has 2 heterocycles. The van der Waals surface area contributed by atoms with E-state index in [4.69, 9.17) is 9.15 Å². The lowest BCUT2D eigenvalue weighted by molar-refractivity contribution is 0.0776. The number of aromatic nitrogens is 2. The Morgan fingerprint density at radius 2 is 1.93 bits per heavy atom. The van der Waals surface area contributed by atoms with Crippen LogP contribution in [0.4, 0.5) is 4.39 Å². The number of para-hydroxylation sites is 1.